The molecule has 4 rings (SSSR count). The van der Waals surface area contributed by atoms with Gasteiger partial charge in [0.15, 0.2) is 5.76 Å². The van der Waals surface area contributed by atoms with Gasteiger partial charge in [-0.05, 0) is 25.0 Å². The second-order valence-corrected chi connectivity index (χ2v) is 5.15. The van der Waals surface area contributed by atoms with Crippen molar-refractivity contribution < 1.29 is 18.5 Å². The Kier molecular flexibility index (Phi) is 2.42. The number of hydrogen-bond donors (Lipinski definition) is 0. The number of carbonyl (C=O) groups excluding carboxylic acids is 1. The van der Waals surface area contributed by atoms with E-state index < -0.39 is 5.41 Å². The molecular formula is C15H12N2O4. The number of aromatic nitrogens is 2. The van der Waals surface area contributed by atoms with Gasteiger partial charge in [-0.3, -0.25) is 4.79 Å². The normalized spacial score (nSPS) is 16.0. The van der Waals surface area contributed by atoms with Crippen LogP contribution in [-0.4, -0.2) is 23.2 Å². The van der Waals surface area contributed by atoms with Gasteiger partial charge in [0.2, 0.25) is 11.7 Å². The van der Waals surface area contributed by atoms with Gasteiger partial charge in [0.25, 0.3) is 0 Å². The van der Waals surface area contributed by atoms with Gasteiger partial charge in [-0.25, -0.2) is 0 Å². The van der Waals surface area contributed by atoms with Crippen molar-refractivity contribution in [1.82, 2.24) is 10.1 Å². The number of benzene rings is 1. The van der Waals surface area contributed by atoms with Crippen molar-refractivity contribution in [3.63, 3.8) is 0 Å². The van der Waals surface area contributed by atoms with E-state index in [1.54, 1.807) is 0 Å². The van der Waals surface area contributed by atoms with Gasteiger partial charge in [0.05, 0.1) is 7.11 Å². The number of ether oxygens (including phenoxy) is 1. The Morgan fingerprint density at radius 1 is 1.33 bits per heavy atom. The molecule has 0 N–H and O–H groups in total. The number of nitrogens with zero attached hydrogens (tertiary/aromatic N) is 2. The molecule has 1 aliphatic rings. The number of furan rings is 1. The number of esters is 1. The maximum atomic E-state index is 11.8. The van der Waals surface area contributed by atoms with Crippen LogP contribution < -0.4 is 0 Å². The minimum absolute atomic E-state index is 0.296. The molecule has 1 aromatic carbocycles. The first-order chi connectivity index (χ1) is 10.2. The average Bonchev–Trinajstić information content (AvgIpc) is 3.00. The monoisotopic (exact) mass is 284 g/mol. The van der Waals surface area contributed by atoms with Crippen molar-refractivity contribution in [2.75, 3.05) is 7.11 Å². The summed E-state index contributed by atoms with van der Waals surface area (Å²) < 4.78 is 15.7. The van der Waals surface area contributed by atoms with Gasteiger partial charge in [0, 0.05) is 5.39 Å². The fourth-order valence-electron chi connectivity index (χ4n) is 2.44. The Morgan fingerprint density at radius 3 is 2.86 bits per heavy atom. The quantitative estimate of drug-likeness (QED) is 0.688. The first-order valence-corrected chi connectivity index (χ1v) is 6.64. The number of methoxy groups -OCH3 is 1. The average molecular weight is 284 g/mol. The fourth-order valence-corrected chi connectivity index (χ4v) is 2.44. The fraction of sp³-hybridized carbons (Fsp3) is 0.267. The molecule has 3 aromatic rings. The predicted octanol–water partition coefficient (Wildman–Crippen LogP) is 2.69. The van der Waals surface area contributed by atoms with Crippen molar-refractivity contribution in [2.45, 2.75) is 18.3 Å². The van der Waals surface area contributed by atoms with E-state index in [1.165, 1.54) is 7.11 Å². The number of carbonyl (C=O) groups is 1. The predicted molar refractivity (Wildman–Crippen MR) is 72.4 cm³/mol. The number of fused-ring (bicyclic) bond motifs is 1. The van der Waals surface area contributed by atoms with E-state index in [1.807, 2.05) is 30.3 Å². The molecule has 0 saturated heterocycles. The zero-order chi connectivity index (χ0) is 14.4. The van der Waals surface area contributed by atoms with E-state index in [0.29, 0.717) is 30.3 Å². The minimum atomic E-state index is -0.758. The number of para-hydroxylation sites is 1. The molecule has 6 heteroatoms. The molecule has 21 heavy (non-hydrogen) atoms. The highest BCUT2D eigenvalue weighted by atomic mass is 16.5. The van der Waals surface area contributed by atoms with Gasteiger partial charge in [-0.2, -0.15) is 4.98 Å². The Balaban J connectivity index is 1.73. The topological polar surface area (TPSA) is 78.4 Å². The second kappa shape index (κ2) is 4.18. The Labute approximate surface area is 119 Å². The molecule has 2 aromatic heterocycles. The third-order valence-electron chi connectivity index (χ3n) is 3.81. The van der Waals surface area contributed by atoms with Gasteiger partial charge in [0.1, 0.15) is 11.0 Å². The molecule has 106 valence electrons. The highest BCUT2D eigenvalue weighted by Gasteiger charge is 2.57. The molecule has 0 aliphatic heterocycles. The van der Waals surface area contributed by atoms with E-state index in [2.05, 4.69) is 10.1 Å². The minimum Gasteiger partial charge on any atom is -0.468 e. The summed E-state index contributed by atoms with van der Waals surface area (Å²) in [4.78, 5) is 16.1. The highest BCUT2D eigenvalue weighted by Crippen LogP contribution is 2.48. The molecule has 0 unspecified atom stereocenters. The zero-order valence-electron chi connectivity index (χ0n) is 11.3. The van der Waals surface area contributed by atoms with E-state index in [-0.39, 0.29) is 5.97 Å². The molecule has 1 fully saturated rings. The Bertz CT molecular complexity index is 796. The third-order valence-corrected chi connectivity index (χ3v) is 3.81. The molecule has 0 radical (unpaired) electrons. The summed E-state index contributed by atoms with van der Waals surface area (Å²) in [7, 11) is 1.36. The van der Waals surface area contributed by atoms with Crippen LogP contribution in [0.3, 0.4) is 0 Å². The third kappa shape index (κ3) is 1.75. The van der Waals surface area contributed by atoms with Crippen molar-refractivity contribution in [3.05, 3.63) is 36.2 Å². The molecular weight excluding hydrogens is 272 g/mol. The largest absolute Gasteiger partial charge is 0.468 e. The summed E-state index contributed by atoms with van der Waals surface area (Å²) in [6.07, 6.45) is 1.34. The van der Waals surface area contributed by atoms with Crippen LogP contribution in [0.25, 0.3) is 22.6 Å². The van der Waals surface area contributed by atoms with Crippen LogP contribution in [0.5, 0.6) is 0 Å². The summed E-state index contributed by atoms with van der Waals surface area (Å²) in [6.45, 7) is 0. The lowest BCUT2D eigenvalue weighted by molar-refractivity contribution is -0.144. The molecule has 0 atom stereocenters. The lowest BCUT2D eigenvalue weighted by Crippen LogP contribution is -2.22. The van der Waals surface area contributed by atoms with Crippen LogP contribution in [0.2, 0.25) is 0 Å². The van der Waals surface area contributed by atoms with Crippen molar-refractivity contribution >= 4 is 16.9 Å². The van der Waals surface area contributed by atoms with E-state index in [0.717, 1.165) is 11.0 Å². The van der Waals surface area contributed by atoms with Crippen molar-refractivity contribution in [3.8, 4) is 11.6 Å². The van der Waals surface area contributed by atoms with Crippen LogP contribution in [-0.2, 0) is 14.9 Å². The second-order valence-electron chi connectivity index (χ2n) is 5.15. The first-order valence-electron chi connectivity index (χ1n) is 6.64. The van der Waals surface area contributed by atoms with Crippen LogP contribution in [0.4, 0.5) is 0 Å². The van der Waals surface area contributed by atoms with Gasteiger partial charge in [-0.15, -0.1) is 0 Å². The summed E-state index contributed by atoms with van der Waals surface area (Å²) in [5.74, 6) is 0.829. The number of rotatable bonds is 3. The van der Waals surface area contributed by atoms with Crippen LogP contribution >= 0.6 is 0 Å². The molecule has 0 spiro atoms. The van der Waals surface area contributed by atoms with E-state index in [9.17, 15) is 4.79 Å². The van der Waals surface area contributed by atoms with Crippen molar-refractivity contribution in [1.29, 1.82) is 0 Å². The van der Waals surface area contributed by atoms with Gasteiger partial charge >= 0.3 is 5.97 Å². The lowest BCUT2D eigenvalue weighted by Gasteiger charge is -2.05. The zero-order valence-corrected chi connectivity index (χ0v) is 11.3. The lowest BCUT2D eigenvalue weighted by atomic mass is 10.1. The molecule has 0 bridgehead atoms. The van der Waals surface area contributed by atoms with E-state index in [4.69, 9.17) is 13.7 Å². The highest BCUT2D eigenvalue weighted by molar-refractivity contribution is 5.85. The molecule has 1 aliphatic carbocycles. The SMILES string of the molecule is COC(=O)C1(c2nc(-c3cc4ccccc4o3)no2)CC1. The number of hydrogen-bond acceptors (Lipinski definition) is 6. The maximum Gasteiger partial charge on any atom is 0.321 e. The van der Waals surface area contributed by atoms with E-state index >= 15 is 0 Å². The molecule has 0 amide bonds. The summed E-state index contributed by atoms with van der Waals surface area (Å²) in [5.41, 5.74) is -0.000557. The van der Waals surface area contributed by atoms with Crippen LogP contribution in [0.15, 0.2) is 39.3 Å². The van der Waals surface area contributed by atoms with Crippen molar-refractivity contribution in [2.24, 2.45) is 0 Å². The van der Waals surface area contributed by atoms with Crippen LogP contribution in [0, 0.1) is 0 Å². The Morgan fingerprint density at radius 2 is 2.14 bits per heavy atom. The first kappa shape index (κ1) is 12.1. The summed E-state index contributed by atoms with van der Waals surface area (Å²) >= 11 is 0. The summed E-state index contributed by atoms with van der Waals surface area (Å²) in [6, 6.07) is 9.49. The smallest absolute Gasteiger partial charge is 0.321 e. The maximum absolute atomic E-state index is 11.8. The summed E-state index contributed by atoms with van der Waals surface area (Å²) in [5, 5.41) is 4.88. The van der Waals surface area contributed by atoms with Gasteiger partial charge in [-0.1, -0.05) is 23.4 Å². The van der Waals surface area contributed by atoms with Crippen LogP contribution in [0.1, 0.15) is 18.7 Å². The molecule has 2 heterocycles. The van der Waals surface area contributed by atoms with Gasteiger partial charge < -0.3 is 13.7 Å². The standard InChI is InChI=1S/C15H12N2O4/c1-19-14(18)15(6-7-15)13-16-12(17-21-13)11-8-9-4-2-3-5-10(9)20-11/h2-5,8H,6-7H2,1H3. The molecule has 6 nitrogen and oxygen atoms in total. The molecule has 1 saturated carbocycles. The Hall–Kier alpha value is -2.63.